The molecule has 1 aliphatic heterocycles. The van der Waals surface area contributed by atoms with Crippen molar-refractivity contribution in [2.75, 3.05) is 26.2 Å². The molecule has 1 rings (SSSR count). The van der Waals surface area contributed by atoms with Crippen molar-refractivity contribution < 1.29 is 18.3 Å². The fourth-order valence-electron chi connectivity index (χ4n) is 2.51. The molecule has 1 saturated heterocycles. The highest BCUT2D eigenvalue weighted by Gasteiger charge is 2.34. The molecule has 7 heteroatoms. The van der Waals surface area contributed by atoms with Crippen LogP contribution in [0.25, 0.3) is 0 Å². The minimum atomic E-state index is -3.44. The Balaban J connectivity index is 2.69. The molecule has 1 aliphatic rings. The van der Waals surface area contributed by atoms with Crippen molar-refractivity contribution in [1.82, 2.24) is 8.61 Å². The van der Waals surface area contributed by atoms with Gasteiger partial charge < -0.3 is 5.11 Å². The quantitative estimate of drug-likeness (QED) is 0.704. The summed E-state index contributed by atoms with van der Waals surface area (Å²) in [6, 6.07) is 0. The Labute approximate surface area is 128 Å². The molecule has 0 unspecified atom stereocenters. The molecule has 21 heavy (non-hydrogen) atoms. The SMILES string of the molecule is CCCCN(CCCC)S(=O)(=O)N1CCC(C(=O)O)CC1. The molecular weight excluding hydrogens is 292 g/mol. The Morgan fingerprint density at radius 3 is 2.00 bits per heavy atom. The molecule has 0 aliphatic carbocycles. The zero-order chi connectivity index (χ0) is 15.9. The van der Waals surface area contributed by atoms with Crippen LogP contribution in [0.2, 0.25) is 0 Å². The normalized spacial score (nSPS) is 18.2. The molecule has 124 valence electrons. The highest BCUT2D eigenvalue weighted by atomic mass is 32.2. The molecule has 0 aromatic rings. The van der Waals surface area contributed by atoms with E-state index in [9.17, 15) is 13.2 Å². The topological polar surface area (TPSA) is 77.9 Å². The number of carbonyl (C=O) groups is 1. The molecule has 6 nitrogen and oxygen atoms in total. The number of carboxylic acid groups (broad SMARTS) is 1. The van der Waals surface area contributed by atoms with Gasteiger partial charge in [0.05, 0.1) is 5.92 Å². The van der Waals surface area contributed by atoms with Crippen LogP contribution in [-0.2, 0) is 15.0 Å². The predicted molar refractivity (Wildman–Crippen MR) is 82.2 cm³/mol. The molecule has 0 aromatic carbocycles. The lowest BCUT2D eigenvalue weighted by Gasteiger charge is -2.34. The van der Waals surface area contributed by atoms with Gasteiger partial charge in [-0.3, -0.25) is 4.79 Å². The number of nitrogens with zero attached hydrogens (tertiary/aromatic N) is 2. The number of rotatable bonds is 9. The zero-order valence-electron chi connectivity index (χ0n) is 13.1. The first-order valence-electron chi connectivity index (χ1n) is 7.91. The van der Waals surface area contributed by atoms with Crippen molar-refractivity contribution in [3.63, 3.8) is 0 Å². The van der Waals surface area contributed by atoms with Crippen molar-refractivity contribution in [2.24, 2.45) is 5.92 Å². The lowest BCUT2D eigenvalue weighted by Crippen LogP contribution is -2.48. The first-order chi connectivity index (χ1) is 9.93. The Bertz CT molecular complexity index is 409. The van der Waals surface area contributed by atoms with Gasteiger partial charge in [-0.05, 0) is 25.7 Å². The van der Waals surface area contributed by atoms with Gasteiger partial charge in [0.1, 0.15) is 0 Å². The van der Waals surface area contributed by atoms with E-state index in [-0.39, 0.29) is 0 Å². The van der Waals surface area contributed by atoms with Crippen LogP contribution in [-0.4, -0.2) is 54.3 Å². The van der Waals surface area contributed by atoms with E-state index in [0.717, 1.165) is 25.7 Å². The average molecular weight is 320 g/mol. The molecule has 0 bridgehead atoms. The number of carboxylic acids is 1. The van der Waals surface area contributed by atoms with Gasteiger partial charge in [-0.15, -0.1) is 0 Å². The maximum atomic E-state index is 12.7. The molecule has 0 radical (unpaired) electrons. The van der Waals surface area contributed by atoms with Gasteiger partial charge in [0.15, 0.2) is 0 Å². The van der Waals surface area contributed by atoms with Crippen LogP contribution in [0.3, 0.4) is 0 Å². The molecule has 0 saturated carbocycles. The Morgan fingerprint density at radius 1 is 1.14 bits per heavy atom. The Hall–Kier alpha value is -0.660. The Kier molecular flexibility index (Phi) is 7.62. The van der Waals surface area contributed by atoms with Crippen LogP contribution < -0.4 is 0 Å². The average Bonchev–Trinajstić information content (AvgIpc) is 2.47. The van der Waals surface area contributed by atoms with Crippen LogP contribution in [0, 0.1) is 5.92 Å². The van der Waals surface area contributed by atoms with Crippen molar-refractivity contribution in [1.29, 1.82) is 0 Å². The van der Waals surface area contributed by atoms with E-state index in [1.54, 1.807) is 4.31 Å². The Morgan fingerprint density at radius 2 is 1.62 bits per heavy atom. The summed E-state index contributed by atoms with van der Waals surface area (Å²) in [5.41, 5.74) is 0. The highest BCUT2D eigenvalue weighted by molar-refractivity contribution is 7.86. The van der Waals surface area contributed by atoms with E-state index in [4.69, 9.17) is 5.11 Å². The van der Waals surface area contributed by atoms with E-state index >= 15 is 0 Å². The summed E-state index contributed by atoms with van der Waals surface area (Å²) >= 11 is 0. The molecule has 0 aromatic heterocycles. The maximum Gasteiger partial charge on any atom is 0.306 e. The minimum absolute atomic E-state index is 0.314. The largest absolute Gasteiger partial charge is 0.481 e. The third-order valence-corrected chi connectivity index (χ3v) is 6.01. The van der Waals surface area contributed by atoms with Crippen LogP contribution in [0.5, 0.6) is 0 Å². The van der Waals surface area contributed by atoms with Gasteiger partial charge in [-0.2, -0.15) is 17.0 Å². The lowest BCUT2D eigenvalue weighted by molar-refractivity contribution is -0.142. The summed E-state index contributed by atoms with van der Waals surface area (Å²) in [6.07, 6.45) is 4.44. The van der Waals surface area contributed by atoms with E-state index in [2.05, 4.69) is 0 Å². The second kappa shape index (κ2) is 8.70. The molecule has 1 heterocycles. The van der Waals surface area contributed by atoms with E-state index in [0.29, 0.717) is 39.0 Å². The molecule has 1 N–H and O–H groups in total. The molecule has 0 amide bonds. The van der Waals surface area contributed by atoms with Gasteiger partial charge in [0.25, 0.3) is 10.2 Å². The second-order valence-electron chi connectivity index (χ2n) is 5.63. The molecule has 0 atom stereocenters. The fourth-order valence-corrected chi connectivity index (χ4v) is 4.23. The zero-order valence-corrected chi connectivity index (χ0v) is 13.9. The maximum absolute atomic E-state index is 12.7. The second-order valence-corrected chi connectivity index (χ2v) is 7.55. The number of hydrogen-bond donors (Lipinski definition) is 1. The van der Waals surface area contributed by atoms with Gasteiger partial charge in [-0.1, -0.05) is 26.7 Å². The summed E-state index contributed by atoms with van der Waals surface area (Å²) in [5, 5.41) is 8.99. The molecule has 0 spiro atoms. The standard InChI is InChI=1S/C14H28N2O4S/c1-3-5-9-15(10-6-4-2)21(19,20)16-11-7-13(8-12-16)14(17)18/h13H,3-12H2,1-2H3,(H,17,18). The summed E-state index contributed by atoms with van der Waals surface area (Å²) in [7, 11) is -3.44. The van der Waals surface area contributed by atoms with Gasteiger partial charge in [0, 0.05) is 26.2 Å². The van der Waals surface area contributed by atoms with Crippen molar-refractivity contribution >= 4 is 16.2 Å². The van der Waals surface area contributed by atoms with Gasteiger partial charge in [0.2, 0.25) is 0 Å². The number of aliphatic carboxylic acids is 1. The summed E-state index contributed by atoms with van der Waals surface area (Å²) in [4.78, 5) is 10.9. The number of hydrogen-bond acceptors (Lipinski definition) is 3. The number of unbranched alkanes of at least 4 members (excludes halogenated alkanes) is 2. The first-order valence-corrected chi connectivity index (χ1v) is 9.31. The monoisotopic (exact) mass is 320 g/mol. The lowest BCUT2D eigenvalue weighted by atomic mass is 9.99. The molecule has 1 fully saturated rings. The van der Waals surface area contributed by atoms with Crippen molar-refractivity contribution in [3.8, 4) is 0 Å². The van der Waals surface area contributed by atoms with Crippen molar-refractivity contribution in [2.45, 2.75) is 52.4 Å². The van der Waals surface area contributed by atoms with E-state index in [1.165, 1.54) is 4.31 Å². The summed E-state index contributed by atoms with van der Waals surface area (Å²) in [5.74, 6) is -1.22. The third kappa shape index (κ3) is 5.23. The van der Waals surface area contributed by atoms with Crippen LogP contribution in [0.1, 0.15) is 52.4 Å². The van der Waals surface area contributed by atoms with E-state index in [1.807, 2.05) is 13.8 Å². The summed E-state index contributed by atoms with van der Waals surface area (Å²) in [6.45, 7) is 5.82. The highest BCUT2D eigenvalue weighted by Crippen LogP contribution is 2.22. The van der Waals surface area contributed by atoms with Crippen LogP contribution >= 0.6 is 0 Å². The minimum Gasteiger partial charge on any atom is -0.481 e. The van der Waals surface area contributed by atoms with Crippen LogP contribution in [0.15, 0.2) is 0 Å². The van der Waals surface area contributed by atoms with Crippen LogP contribution in [0.4, 0.5) is 0 Å². The number of piperidine rings is 1. The summed E-state index contributed by atoms with van der Waals surface area (Å²) < 4.78 is 28.4. The first kappa shape index (κ1) is 18.4. The smallest absolute Gasteiger partial charge is 0.306 e. The van der Waals surface area contributed by atoms with Crippen molar-refractivity contribution in [3.05, 3.63) is 0 Å². The van der Waals surface area contributed by atoms with E-state index < -0.39 is 22.1 Å². The fraction of sp³-hybridized carbons (Fsp3) is 0.929. The van der Waals surface area contributed by atoms with Gasteiger partial charge >= 0.3 is 5.97 Å². The molecular formula is C14H28N2O4S. The third-order valence-electron chi connectivity index (χ3n) is 3.98. The van der Waals surface area contributed by atoms with Gasteiger partial charge in [-0.25, -0.2) is 0 Å². The predicted octanol–water partition coefficient (Wildman–Crippen LogP) is 1.93.